The van der Waals surface area contributed by atoms with Gasteiger partial charge in [-0.15, -0.1) is 0 Å². The second-order valence-corrected chi connectivity index (χ2v) is 3.22. The third-order valence-electron chi connectivity index (χ3n) is 0.240. The molecule has 0 atom stereocenters. The molecule has 1 rings (SSSR count). The number of hydrogen-bond acceptors (Lipinski definition) is 3. The zero-order chi connectivity index (χ0) is 4.24. The fourth-order valence-corrected chi connectivity index (χ4v) is 1.93. The largest absolute Gasteiger partial charge is 0.166 e. The lowest BCUT2D eigenvalue weighted by molar-refractivity contribution is 1.69. The Morgan fingerprint density at radius 3 is 1.17 bits per heavy atom. The van der Waals surface area contributed by atoms with E-state index in [1.807, 2.05) is 0 Å². The Balaban J connectivity index is 3.00. The molecule has 0 fully saturated rings. The first-order valence-electron chi connectivity index (χ1n) is 1.20. The van der Waals surface area contributed by atoms with Gasteiger partial charge < -0.3 is 0 Å². The van der Waals surface area contributed by atoms with Crippen LogP contribution in [0.25, 0.3) is 0 Å². The molecule has 6 heteroatoms. The van der Waals surface area contributed by atoms with Gasteiger partial charge in [-0.05, 0) is 0 Å². The van der Waals surface area contributed by atoms with E-state index in [0.717, 1.165) is 25.5 Å². The molecule has 0 amide bonds. The van der Waals surface area contributed by atoms with Crippen molar-refractivity contribution in [3.8, 4) is 0 Å². The van der Waals surface area contributed by atoms with Crippen molar-refractivity contribution in [2.45, 2.75) is 0 Å². The van der Waals surface area contributed by atoms with E-state index in [9.17, 15) is 0 Å². The van der Waals surface area contributed by atoms with Crippen LogP contribution in [-0.2, 0) is 0 Å². The molecule has 1 aromatic rings. The zero-order valence-corrected chi connectivity index (χ0v) is 5.37. The molecule has 0 aliphatic carbocycles. The minimum Gasteiger partial charge on any atom is -0.166 e. The third-order valence-corrected chi connectivity index (χ3v) is 2.16. The van der Waals surface area contributed by atoms with Crippen molar-refractivity contribution in [1.82, 2.24) is 13.5 Å². The molecule has 30 valence electrons. The molecule has 0 saturated heterocycles. The summed E-state index contributed by atoms with van der Waals surface area (Å²) in [5, 5.41) is 0. The molecule has 0 aliphatic rings. The molecule has 0 aromatic carbocycles. The molecule has 0 aliphatic heterocycles. The van der Waals surface area contributed by atoms with Gasteiger partial charge in [0.1, 0.15) is 0 Å². The highest BCUT2D eigenvalue weighted by Crippen LogP contribution is 2.01. The van der Waals surface area contributed by atoms with E-state index in [1.165, 1.54) is 0 Å². The number of rotatable bonds is 0. The van der Waals surface area contributed by atoms with Crippen LogP contribution in [0.3, 0.4) is 0 Å². The number of nitrogens with zero attached hydrogens (tertiary/aromatic N) is 3. The fraction of sp³-hybridized carbons (Fsp3) is 0. The van der Waals surface area contributed by atoms with Gasteiger partial charge in [-0.2, -0.15) is 13.5 Å². The molecule has 1 aromatic heterocycles. The Morgan fingerprint density at radius 1 is 0.667 bits per heavy atom. The quantitative estimate of drug-likeness (QED) is 0.542. The van der Waals surface area contributed by atoms with Crippen molar-refractivity contribution in [1.29, 1.82) is 0 Å². The van der Waals surface area contributed by atoms with Crippen LogP contribution in [0, 0.1) is 0 Å². The molecule has 6 heavy (non-hydrogen) atoms. The van der Waals surface area contributed by atoms with Gasteiger partial charge in [0.25, 0.3) is 0 Å². The van der Waals surface area contributed by atoms with Gasteiger partial charge >= 0.3 is 0 Å². The van der Waals surface area contributed by atoms with Crippen molar-refractivity contribution < 1.29 is 0 Å². The van der Waals surface area contributed by atoms with Crippen LogP contribution in [0.5, 0.6) is 0 Å². The summed E-state index contributed by atoms with van der Waals surface area (Å²) in [6.07, 6.45) is 0. The van der Waals surface area contributed by atoms with Crippen LogP contribution in [0.4, 0.5) is 0 Å². The first-order valence-corrected chi connectivity index (χ1v) is 3.60. The van der Waals surface area contributed by atoms with Crippen LogP contribution in [-0.4, -0.2) is 13.5 Å². The highest BCUT2D eigenvalue weighted by Gasteiger charge is 1.64. The maximum absolute atomic E-state index is 3.78. The standard InChI is InChI=1S/N3P3/c1-4-2-6-3-5-1. The normalized spacial score (nSPS) is 12.0. The molecular formula is N3P3. The van der Waals surface area contributed by atoms with Gasteiger partial charge in [0, 0.05) is 0 Å². The van der Waals surface area contributed by atoms with E-state index >= 15 is 0 Å². The Labute approximate surface area is 39.9 Å². The van der Waals surface area contributed by atoms with E-state index in [0.29, 0.717) is 0 Å². The van der Waals surface area contributed by atoms with Crippen LogP contribution < -0.4 is 0 Å². The van der Waals surface area contributed by atoms with Crippen LogP contribution in [0.2, 0.25) is 0 Å². The van der Waals surface area contributed by atoms with Gasteiger partial charge in [0.2, 0.25) is 0 Å². The van der Waals surface area contributed by atoms with Gasteiger partial charge in [-0.1, -0.05) is 0 Å². The zero-order valence-electron chi connectivity index (χ0n) is 2.68. The predicted molar refractivity (Wildman–Crippen MR) is 27.4 cm³/mol. The maximum atomic E-state index is 3.78. The number of hydrogen-bond donors (Lipinski definition) is 0. The van der Waals surface area contributed by atoms with Gasteiger partial charge in [0.05, 0.1) is 0 Å². The van der Waals surface area contributed by atoms with Crippen LogP contribution >= 0.6 is 25.5 Å². The maximum Gasteiger partial charge on any atom is 0.166 e. The van der Waals surface area contributed by atoms with Crippen molar-refractivity contribution in [3.05, 3.63) is 0 Å². The minimum absolute atomic E-state index is 0.830. The topological polar surface area (TPSA) is 38.7 Å². The molecule has 0 bridgehead atoms. The average molecular weight is 135 g/mol. The van der Waals surface area contributed by atoms with Crippen molar-refractivity contribution in [2.24, 2.45) is 0 Å². The summed E-state index contributed by atoms with van der Waals surface area (Å²) in [6, 6.07) is 0. The Hall–Kier alpha value is 0.300. The molecule has 0 spiro atoms. The predicted octanol–water partition coefficient (Wildman–Crippen LogP) is 1.61. The molecule has 0 unspecified atom stereocenters. The highest BCUT2D eigenvalue weighted by molar-refractivity contribution is 7.43. The van der Waals surface area contributed by atoms with E-state index in [-0.39, 0.29) is 0 Å². The van der Waals surface area contributed by atoms with Gasteiger partial charge in [0.15, 0.2) is 25.5 Å². The molecule has 1 heterocycles. The van der Waals surface area contributed by atoms with Gasteiger partial charge in [-0.25, -0.2) is 0 Å². The lowest BCUT2D eigenvalue weighted by atomic mass is 13.9. The summed E-state index contributed by atoms with van der Waals surface area (Å²) in [4.78, 5) is 0. The summed E-state index contributed by atoms with van der Waals surface area (Å²) >= 11 is 0. The van der Waals surface area contributed by atoms with E-state index in [2.05, 4.69) is 13.5 Å². The van der Waals surface area contributed by atoms with Crippen LogP contribution in [0.1, 0.15) is 0 Å². The first-order chi connectivity index (χ1) is 3.00. The fourth-order valence-electron chi connectivity index (χ4n) is 0.107. The van der Waals surface area contributed by atoms with Gasteiger partial charge in [-0.3, -0.25) is 0 Å². The minimum atomic E-state index is 0.830. The molecule has 0 saturated carbocycles. The van der Waals surface area contributed by atoms with E-state index in [1.54, 1.807) is 0 Å². The lowest BCUT2D eigenvalue weighted by Gasteiger charge is -1.64. The lowest BCUT2D eigenvalue weighted by Crippen LogP contribution is -1.47. The Bertz CT molecular complexity index is 78.0. The van der Waals surface area contributed by atoms with E-state index < -0.39 is 0 Å². The summed E-state index contributed by atoms with van der Waals surface area (Å²) < 4.78 is 11.3. The second kappa shape index (κ2) is 2.47. The SMILES string of the molecule is n1pnpnp1. The van der Waals surface area contributed by atoms with Crippen LogP contribution in [0.15, 0.2) is 0 Å². The summed E-state index contributed by atoms with van der Waals surface area (Å²) in [6.45, 7) is 0. The average Bonchev–Trinajstić information content (AvgIpc) is 1.72. The summed E-state index contributed by atoms with van der Waals surface area (Å²) in [7, 11) is 2.49. The second-order valence-electron chi connectivity index (χ2n) is 0.537. The van der Waals surface area contributed by atoms with Crippen molar-refractivity contribution in [3.63, 3.8) is 0 Å². The molecule has 3 nitrogen and oxygen atoms in total. The monoisotopic (exact) mass is 135 g/mol. The molecular weight excluding hydrogens is 135 g/mol. The smallest absolute Gasteiger partial charge is 0.166 e. The Kier molecular flexibility index (Phi) is 1.83. The van der Waals surface area contributed by atoms with Crippen molar-refractivity contribution in [2.75, 3.05) is 0 Å². The van der Waals surface area contributed by atoms with Crippen molar-refractivity contribution >= 4 is 25.5 Å². The molecule has 0 radical (unpaired) electrons. The Morgan fingerprint density at radius 2 is 1.00 bits per heavy atom. The third kappa shape index (κ3) is 1.18. The van der Waals surface area contributed by atoms with E-state index in [4.69, 9.17) is 0 Å². The molecule has 0 N–H and O–H groups in total. The summed E-state index contributed by atoms with van der Waals surface area (Å²) in [5.74, 6) is 0. The number of aromatic nitrogens is 3. The first kappa shape index (κ1) is 4.46. The highest BCUT2D eigenvalue weighted by atomic mass is 31.1. The summed E-state index contributed by atoms with van der Waals surface area (Å²) in [5.41, 5.74) is 0.